The number of hydrogen-bond acceptors (Lipinski definition) is 3. The number of benzene rings is 1. The Kier molecular flexibility index (Phi) is 3.95. The molecule has 0 bridgehead atoms. The van der Waals surface area contributed by atoms with Gasteiger partial charge in [0.1, 0.15) is 11.8 Å². The molecule has 0 saturated carbocycles. The monoisotopic (exact) mass is 261 g/mol. The maximum atomic E-state index is 11.8. The van der Waals surface area contributed by atoms with Crippen molar-refractivity contribution in [2.24, 2.45) is 0 Å². The number of carbonyl (C=O) groups excluding carboxylic acids is 1. The van der Waals surface area contributed by atoms with Gasteiger partial charge in [-0.15, -0.1) is 0 Å². The smallest absolute Gasteiger partial charge is 0.341 e. The van der Waals surface area contributed by atoms with E-state index < -0.39 is 5.97 Å². The van der Waals surface area contributed by atoms with E-state index in [0.717, 1.165) is 11.3 Å². The maximum Gasteiger partial charge on any atom is 0.341 e. The van der Waals surface area contributed by atoms with Crippen LogP contribution in [0.1, 0.15) is 21.6 Å². The molecule has 0 amide bonds. The summed E-state index contributed by atoms with van der Waals surface area (Å²) in [4.78, 5) is 15.8. The Morgan fingerprint density at radius 1 is 1.22 bits per heavy atom. The molecule has 4 heteroatoms. The molecule has 0 N–H and O–H groups in total. The maximum absolute atomic E-state index is 11.8. The first-order valence-corrected chi connectivity index (χ1v) is 5.89. The molecular weight excluding hydrogens is 250 g/mol. The summed E-state index contributed by atoms with van der Waals surface area (Å²) in [5.74, 6) is -0.462. The highest BCUT2D eigenvalue weighted by molar-refractivity contribution is 6.32. The van der Waals surface area contributed by atoms with Gasteiger partial charge in [-0.25, -0.2) is 9.78 Å². The number of ether oxygens (including phenoxy) is 1. The van der Waals surface area contributed by atoms with Crippen LogP contribution in [0.5, 0.6) is 0 Å². The van der Waals surface area contributed by atoms with Crippen LogP contribution < -0.4 is 0 Å². The first kappa shape index (κ1) is 12.6. The Balaban J connectivity index is 2.04. The van der Waals surface area contributed by atoms with Crippen molar-refractivity contribution in [3.05, 3.63) is 64.4 Å². The van der Waals surface area contributed by atoms with Crippen molar-refractivity contribution in [1.82, 2.24) is 4.98 Å². The molecule has 2 aromatic rings. The summed E-state index contributed by atoms with van der Waals surface area (Å²) < 4.78 is 5.17. The van der Waals surface area contributed by atoms with E-state index in [0.29, 0.717) is 0 Å². The first-order valence-electron chi connectivity index (χ1n) is 5.51. The van der Waals surface area contributed by atoms with Gasteiger partial charge in [0.05, 0.1) is 5.56 Å². The zero-order chi connectivity index (χ0) is 13.0. The molecule has 1 aromatic heterocycles. The van der Waals surface area contributed by atoms with E-state index in [9.17, 15) is 4.79 Å². The van der Waals surface area contributed by atoms with Crippen molar-refractivity contribution in [2.75, 3.05) is 0 Å². The molecule has 18 heavy (non-hydrogen) atoms. The molecule has 0 radical (unpaired) electrons. The zero-order valence-electron chi connectivity index (χ0n) is 9.89. The zero-order valence-corrected chi connectivity index (χ0v) is 10.6. The minimum absolute atomic E-state index is 0.174. The molecule has 0 fully saturated rings. The molecule has 0 aliphatic carbocycles. The fraction of sp³-hybridized carbons (Fsp3) is 0.143. The number of aromatic nitrogens is 1. The largest absolute Gasteiger partial charge is 0.457 e. The average Bonchev–Trinajstić information content (AvgIpc) is 2.37. The highest BCUT2D eigenvalue weighted by Crippen LogP contribution is 2.15. The van der Waals surface area contributed by atoms with Gasteiger partial charge in [-0.05, 0) is 24.6 Å². The number of aryl methyl sites for hydroxylation is 1. The molecule has 0 saturated heterocycles. The van der Waals surface area contributed by atoms with E-state index in [1.807, 2.05) is 37.3 Å². The second kappa shape index (κ2) is 5.65. The molecule has 0 spiro atoms. The molecule has 0 aliphatic heterocycles. The van der Waals surface area contributed by atoms with E-state index in [1.165, 1.54) is 0 Å². The van der Waals surface area contributed by atoms with Crippen molar-refractivity contribution in [2.45, 2.75) is 13.5 Å². The number of rotatable bonds is 3. The second-order valence-corrected chi connectivity index (χ2v) is 4.21. The van der Waals surface area contributed by atoms with Crippen LogP contribution in [-0.4, -0.2) is 11.0 Å². The molecule has 92 valence electrons. The lowest BCUT2D eigenvalue weighted by atomic mass is 10.2. The van der Waals surface area contributed by atoms with Crippen molar-refractivity contribution in [3.63, 3.8) is 0 Å². The highest BCUT2D eigenvalue weighted by Gasteiger charge is 2.12. The molecule has 0 aliphatic rings. The molecule has 3 nitrogen and oxygen atoms in total. The SMILES string of the molecule is Cc1ccc(C(=O)OCc2ccccc2)c(Cl)n1. The highest BCUT2D eigenvalue weighted by atomic mass is 35.5. The van der Waals surface area contributed by atoms with Gasteiger partial charge < -0.3 is 4.74 Å². The minimum atomic E-state index is -0.462. The average molecular weight is 262 g/mol. The van der Waals surface area contributed by atoms with Gasteiger partial charge in [0, 0.05) is 5.69 Å². The fourth-order valence-electron chi connectivity index (χ4n) is 1.48. The Morgan fingerprint density at radius 3 is 2.61 bits per heavy atom. The summed E-state index contributed by atoms with van der Waals surface area (Å²) in [5.41, 5.74) is 1.99. The first-order chi connectivity index (χ1) is 8.66. The topological polar surface area (TPSA) is 39.2 Å². The Morgan fingerprint density at radius 2 is 1.94 bits per heavy atom. The fourth-order valence-corrected chi connectivity index (χ4v) is 1.75. The summed E-state index contributed by atoms with van der Waals surface area (Å²) in [7, 11) is 0. The third kappa shape index (κ3) is 3.08. The Labute approximate surface area is 110 Å². The van der Waals surface area contributed by atoms with Crippen LogP contribution in [-0.2, 0) is 11.3 Å². The summed E-state index contributed by atoms with van der Waals surface area (Å²) in [5, 5.41) is 0.174. The number of nitrogens with zero attached hydrogens (tertiary/aromatic N) is 1. The lowest BCUT2D eigenvalue weighted by molar-refractivity contribution is 0.0472. The lowest BCUT2D eigenvalue weighted by Gasteiger charge is -2.06. The van der Waals surface area contributed by atoms with Crippen molar-refractivity contribution in [1.29, 1.82) is 0 Å². The second-order valence-electron chi connectivity index (χ2n) is 3.85. The molecule has 0 unspecified atom stereocenters. The number of halogens is 1. The molecule has 0 atom stereocenters. The number of hydrogen-bond donors (Lipinski definition) is 0. The van der Waals surface area contributed by atoms with E-state index in [-0.39, 0.29) is 17.3 Å². The van der Waals surface area contributed by atoms with Gasteiger partial charge in [0.2, 0.25) is 0 Å². The van der Waals surface area contributed by atoms with Crippen LogP contribution in [0.25, 0.3) is 0 Å². The molecule has 1 heterocycles. The number of esters is 1. The van der Waals surface area contributed by atoms with Crippen molar-refractivity contribution < 1.29 is 9.53 Å². The normalized spacial score (nSPS) is 10.1. The van der Waals surface area contributed by atoms with E-state index in [4.69, 9.17) is 16.3 Å². The van der Waals surface area contributed by atoms with Gasteiger partial charge in [-0.3, -0.25) is 0 Å². The summed E-state index contributed by atoms with van der Waals surface area (Å²) in [6.07, 6.45) is 0. The Bertz CT molecular complexity index is 555. The van der Waals surface area contributed by atoms with Crippen LogP contribution in [0, 0.1) is 6.92 Å². The van der Waals surface area contributed by atoms with E-state index in [1.54, 1.807) is 12.1 Å². The minimum Gasteiger partial charge on any atom is -0.457 e. The third-order valence-electron chi connectivity index (χ3n) is 2.42. The van der Waals surface area contributed by atoms with E-state index >= 15 is 0 Å². The Hall–Kier alpha value is -1.87. The van der Waals surface area contributed by atoms with Gasteiger partial charge in [0.15, 0.2) is 0 Å². The van der Waals surface area contributed by atoms with Crippen molar-refractivity contribution in [3.8, 4) is 0 Å². The predicted octanol–water partition coefficient (Wildman–Crippen LogP) is 3.40. The van der Waals surface area contributed by atoms with Crippen LogP contribution in [0.2, 0.25) is 5.15 Å². The standard InChI is InChI=1S/C14H12ClNO2/c1-10-7-8-12(13(15)16-10)14(17)18-9-11-5-3-2-4-6-11/h2-8H,9H2,1H3. The lowest BCUT2D eigenvalue weighted by Crippen LogP contribution is -2.07. The predicted molar refractivity (Wildman–Crippen MR) is 69.5 cm³/mol. The van der Waals surface area contributed by atoms with Crippen LogP contribution in [0.4, 0.5) is 0 Å². The van der Waals surface area contributed by atoms with Crippen LogP contribution >= 0.6 is 11.6 Å². The molecule has 2 rings (SSSR count). The van der Waals surface area contributed by atoms with E-state index in [2.05, 4.69) is 4.98 Å². The quantitative estimate of drug-likeness (QED) is 0.628. The van der Waals surface area contributed by atoms with Gasteiger partial charge in [-0.2, -0.15) is 0 Å². The van der Waals surface area contributed by atoms with Crippen molar-refractivity contribution >= 4 is 17.6 Å². The van der Waals surface area contributed by atoms with Gasteiger partial charge in [-0.1, -0.05) is 41.9 Å². The van der Waals surface area contributed by atoms with Gasteiger partial charge in [0.25, 0.3) is 0 Å². The van der Waals surface area contributed by atoms with Gasteiger partial charge >= 0.3 is 5.97 Å². The van der Waals surface area contributed by atoms with Crippen LogP contribution in [0.3, 0.4) is 0 Å². The summed E-state index contributed by atoms with van der Waals surface area (Å²) in [6, 6.07) is 12.8. The number of pyridine rings is 1. The number of carbonyl (C=O) groups is 1. The molecular formula is C14H12ClNO2. The molecule has 1 aromatic carbocycles. The summed E-state index contributed by atoms with van der Waals surface area (Å²) >= 11 is 5.89. The third-order valence-corrected chi connectivity index (χ3v) is 2.71. The van der Waals surface area contributed by atoms with Crippen LogP contribution in [0.15, 0.2) is 42.5 Å². The summed E-state index contributed by atoms with van der Waals surface area (Å²) in [6.45, 7) is 2.04.